The molecule has 32 heavy (non-hydrogen) atoms. The van der Waals surface area contributed by atoms with E-state index < -0.39 is 9.84 Å². The van der Waals surface area contributed by atoms with Crippen molar-refractivity contribution in [2.24, 2.45) is 0 Å². The van der Waals surface area contributed by atoms with Crippen molar-refractivity contribution in [1.29, 1.82) is 5.26 Å². The molecule has 0 fully saturated rings. The van der Waals surface area contributed by atoms with Gasteiger partial charge in [-0.3, -0.25) is 0 Å². The number of nitriles is 1. The lowest BCUT2D eigenvalue weighted by Crippen LogP contribution is -2.03. The maximum Gasteiger partial charge on any atom is 0.216 e. The van der Waals surface area contributed by atoms with Gasteiger partial charge in [0.2, 0.25) is 9.84 Å². The van der Waals surface area contributed by atoms with Gasteiger partial charge >= 0.3 is 0 Å². The fourth-order valence-corrected chi connectivity index (χ4v) is 4.41. The van der Waals surface area contributed by atoms with Crippen LogP contribution in [0.1, 0.15) is 5.56 Å². The lowest BCUT2D eigenvalue weighted by Gasteiger charge is -2.05. The Bertz CT molecular complexity index is 1420. The first-order valence-corrected chi connectivity index (χ1v) is 11.2. The summed E-state index contributed by atoms with van der Waals surface area (Å²) in [5, 5.41) is 14.4. The molecule has 0 saturated carbocycles. The predicted molar refractivity (Wildman–Crippen MR) is 123 cm³/mol. The van der Waals surface area contributed by atoms with E-state index >= 15 is 0 Å². The van der Waals surface area contributed by atoms with Crippen LogP contribution >= 0.6 is 0 Å². The first-order valence-electron chi connectivity index (χ1n) is 9.74. The third-order valence-electron chi connectivity index (χ3n) is 4.85. The Balaban J connectivity index is 1.90. The van der Waals surface area contributed by atoms with Gasteiger partial charge in [-0.05, 0) is 42.5 Å². The normalized spacial score (nSPS) is 11.7. The topological polar surface area (TPSA) is 85.0 Å². The van der Waals surface area contributed by atoms with E-state index in [1.165, 1.54) is 18.2 Å². The highest BCUT2D eigenvalue weighted by molar-refractivity contribution is 7.95. The summed E-state index contributed by atoms with van der Waals surface area (Å²) in [5.74, 6) is 0.643. The lowest BCUT2D eigenvalue weighted by atomic mass is 10.1. The van der Waals surface area contributed by atoms with Gasteiger partial charge in [-0.2, -0.15) is 10.4 Å². The molecule has 3 aromatic carbocycles. The zero-order valence-corrected chi connectivity index (χ0v) is 18.0. The van der Waals surface area contributed by atoms with E-state index in [0.29, 0.717) is 17.0 Å². The SMILES string of the molecule is COc1cccc(-c2nn(-c3ccccc3)cc2C=C(C#N)S(=O)(=O)c2ccccc2)c1. The first kappa shape index (κ1) is 21.1. The molecule has 0 radical (unpaired) electrons. The van der Waals surface area contributed by atoms with E-state index in [1.54, 1.807) is 36.2 Å². The number of rotatable bonds is 6. The second-order valence-electron chi connectivity index (χ2n) is 6.88. The number of nitrogens with zero attached hydrogens (tertiary/aromatic N) is 3. The summed E-state index contributed by atoms with van der Waals surface area (Å²) < 4.78 is 33.1. The summed E-state index contributed by atoms with van der Waals surface area (Å²) in [6, 6.07) is 26.5. The minimum absolute atomic E-state index is 0.0613. The molecule has 0 aliphatic carbocycles. The fraction of sp³-hybridized carbons (Fsp3) is 0.0400. The molecular formula is C25H19N3O3S. The van der Waals surface area contributed by atoms with Gasteiger partial charge in [0.15, 0.2) is 0 Å². The number of hydrogen-bond donors (Lipinski definition) is 0. The van der Waals surface area contributed by atoms with Crippen molar-refractivity contribution in [1.82, 2.24) is 9.78 Å². The monoisotopic (exact) mass is 441 g/mol. The Morgan fingerprint density at radius 1 is 1.00 bits per heavy atom. The Morgan fingerprint density at radius 2 is 1.69 bits per heavy atom. The van der Waals surface area contributed by atoms with Crippen molar-refractivity contribution in [3.05, 3.63) is 102 Å². The van der Waals surface area contributed by atoms with E-state index in [9.17, 15) is 13.7 Å². The van der Waals surface area contributed by atoms with Gasteiger partial charge in [-0.25, -0.2) is 13.1 Å². The zero-order valence-electron chi connectivity index (χ0n) is 17.2. The summed E-state index contributed by atoms with van der Waals surface area (Å²) in [7, 11) is -2.41. The van der Waals surface area contributed by atoms with Gasteiger partial charge in [0.05, 0.1) is 17.7 Å². The van der Waals surface area contributed by atoms with Crippen LogP contribution in [0.25, 0.3) is 23.0 Å². The van der Waals surface area contributed by atoms with Crippen molar-refractivity contribution >= 4 is 15.9 Å². The average molecular weight is 442 g/mol. The molecule has 6 nitrogen and oxygen atoms in total. The quantitative estimate of drug-likeness (QED) is 0.398. The van der Waals surface area contributed by atoms with E-state index in [-0.39, 0.29) is 9.80 Å². The summed E-state index contributed by atoms with van der Waals surface area (Å²) in [4.78, 5) is -0.299. The molecule has 1 heterocycles. The van der Waals surface area contributed by atoms with Crippen LogP contribution in [0.2, 0.25) is 0 Å². The minimum atomic E-state index is -3.98. The van der Waals surface area contributed by atoms with Crippen molar-refractivity contribution in [2.45, 2.75) is 4.90 Å². The Labute approximate surface area is 186 Å². The number of para-hydroxylation sites is 1. The molecule has 1 aromatic heterocycles. The second kappa shape index (κ2) is 8.92. The molecule has 0 spiro atoms. The van der Waals surface area contributed by atoms with Crippen molar-refractivity contribution in [3.8, 4) is 28.8 Å². The molecule has 7 heteroatoms. The molecule has 0 aliphatic heterocycles. The van der Waals surface area contributed by atoms with Gasteiger partial charge in [-0.15, -0.1) is 0 Å². The maximum atomic E-state index is 13.1. The number of hydrogen-bond acceptors (Lipinski definition) is 5. The van der Waals surface area contributed by atoms with E-state index in [0.717, 1.165) is 11.3 Å². The summed E-state index contributed by atoms with van der Waals surface area (Å²) in [6.45, 7) is 0. The molecule has 0 unspecified atom stereocenters. The highest BCUT2D eigenvalue weighted by Crippen LogP contribution is 2.30. The largest absolute Gasteiger partial charge is 0.497 e. The van der Waals surface area contributed by atoms with Crippen LogP contribution in [-0.4, -0.2) is 25.3 Å². The fourth-order valence-electron chi connectivity index (χ4n) is 3.24. The first-order chi connectivity index (χ1) is 15.5. The molecular weight excluding hydrogens is 422 g/mol. The molecule has 0 bridgehead atoms. The summed E-state index contributed by atoms with van der Waals surface area (Å²) >= 11 is 0. The highest BCUT2D eigenvalue weighted by Gasteiger charge is 2.22. The van der Waals surface area contributed by atoms with E-state index in [1.807, 2.05) is 60.7 Å². The zero-order chi connectivity index (χ0) is 22.6. The van der Waals surface area contributed by atoms with Gasteiger partial charge in [0.25, 0.3) is 0 Å². The molecule has 4 aromatic rings. The van der Waals surface area contributed by atoms with Crippen molar-refractivity contribution < 1.29 is 13.2 Å². The van der Waals surface area contributed by atoms with Crippen LogP contribution in [0.5, 0.6) is 5.75 Å². The summed E-state index contributed by atoms with van der Waals surface area (Å²) in [6.07, 6.45) is 3.07. The molecule has 158 valence electrons. The Hall–Kier alpha value is -4.15. The number of allylic oxidation sites excluding steroid dienone is 1. The lowest BCUT2D eigenvalue weighted by molar-refractivity contribution is 0.415. The second-order valence-corrected chi connectivity index (χ2v) is 8.80. The van der Waals surface area contributed by atoms with Crippen molar-refractivity contribution in [3.63, 3.8) is 0 Å². The molecule has 0 saturated heterocycles. The van der Waals surface area contributed by atoms with E-state index in [4.69, 9.17) is 4.74 Å². The molecule has 0 atom stereocenters. The Kier molecular flexibility index (Phi) is 5.88. The third-order valence-corrected chi connectivity index (χ3v) is 6.53. The number of aromatic nitrogens is 2. The maximum absolute atomic E-state index is 13.1. The van der Waals surface area contributed by atoms with Gasteiger partial charge in [0, 0.05) is 17.3 Å². The standard InChI is InChI=1S/C25H19N3O3S/c1-31-22-12-8-9-19(15-22)25-20(18-28(27-25)21-10-4-2-5-11-21)16-24(17-26)32(29,30)23-13-6-3-7-14-23/h2-16,18H,1H3. The molecule has 0 aliphatic rings. The number of sulfone groups is 1. The predicted octanol–water partition coefficient (Wildman–Crippen LogP) is 4.89. The van der Waals surface area contributed by atoms with E-state index in [2.05, 4.69) is 5.10 Å². The number of benzene rings is 3. The Morgan fingerprint density at radius 3 is 2.34 bits per heavy atom. The van der Waals surface area contributed by atoms with Gasteiger partial charge in [-0.1, -0.05) is 48.5 Å². The molecule has 0 amide bonds. The number of ether oxygens (including phenoxy) is 1. The number of methoxy groups -OCH3 is 1. The van der Waals surface area contributed by atoms with Crippen LogP contribution in [0.3, 0.4) is 0 Å². The van der Waals surface area contributed by atoms with Gasteiger partial charge in [0.1, 0.15) is 22.4 Å². The third kappa shape index (κ3) is 4.17. The van der Waals surface area contributed by atoms with Crippen LogP contribution < -0.4 is 4.74 Å². The van der Waals surface area contributed by atoms with Crippen molar-refractivity contribution in [2.75, 3.05) is 7.11 Å². The minimum Gasteiger partial charge on any atom is -0.497 e. The van der Waals surface area contributed by atoms with Crippen LogP contribution in [0, 0.1) is 11.3 Å². The smallest absolute Gasteiger partial charge is 0.216 e. The van der Waals surface area contributed by atoms with Gasteiger partial charge < -0.3 is 4.74 Å². The van der Waals surface area contributed by atoms with Crippen LogP contribution in [0.4, 0.5) is 0 Å². The van der Waals surface area contributed by atoms with Crippen LogP contribution in [0.15, 0.2) is 101 Å². The molecule has 0 N–H and O–H groups in total. The highest BCUT2D eigenvalue weighted by atomic mass is 32.2. The summed E-state index contributed by atoms with van der Waals surface area (Å²) in [5.41, 5.74) is 2.57. The van der Waals surface area contributed by atoms with Crippen LogP contribution in [-0.2, 0) is 9.84 Å². The molecule has 4 rings (SSSR count). The average Bonchev–Trinajstić information content (AvgIpc) is 3.27.